The van der Waals surface area contributed by atoms with Crippen molar-refractivity contribution in [1.29, 1.82) is 0 Å². The highest BCUT2D eigenvalue weighted by molar-refractivity contribution is 5.06. The number of aromatic nitrogens is 1. The zero-order valence-corrected chi connectivity index (χ0v) is 9.13. The van der Waals surface area contributed by atoms with Crippen LogP contribution < -0.4 is 11.1 Å². The second-order valence-electron chi connectivity index (χ2n) is 3.60. The molecule has 4 heteroatoms. The highest BCUT2D eigenvalue weighted by Crippen LogP contribution is 2.08. The summed E-state index contributed by atoms with van der Waals surface area (Å²) in [6, 6.07) is 0.421. The molecule has 3 N–H and O–H groups in total. The normalized spacial score (nSPS) is 13.1. The van der Waals surface area contributed by atoms with Gasteiger partial charge in [-0.05, 0) is 26.8 Å². The van der Waals surface area contributed by atoms with E-state index in [1.807, 2.05) is 13.8 Å². The summed E-state index contributed by atoms with van der Waals surface area (Å²) in [7, 11) is 0. The molecule has 0 bridgehead atoms. The van der Waals surface area contributed by atoms with E-state index in [9.17, 15) is 0 Å². The van der Waals surface area contributed by atoms with Crippen molar-refractivity contribution >= 4 is 0 Å². The molecule has 80 valence electrons. The molecule has 0 amide bonds. The van der Waals surface area contributed by atoms with E-state index in [1.165, 1.54) is 0 Å². The Morgan fingerprint density at radius 1 is 1.50 bits per heavy atom. The van der Waals surface area contributed by atoms with Gasteiger partial charge in [-0.25, -0.2) is 4.98 Å². The lowest BCUT2D eigenvalue weighted by molar-refractivity contribution is 0.428. The molecule has 0 aliphatic rings. The Labute approximate surface area is 84.9 Å². The molecule has 1 aromatic heterocycles. The summed E-state index contributed by atoms with van der Waals surface area (Å²) in [5.74, 6) is 1.65. The maximum Gasteiger partial charge on any atom is 0.191 e. The highest BCUT2D eigenvalue weighted by Gasteiger charge is 2.07. The number of hydrogen-bond donors (Lipinski definition) is 2. The third kappa shape index (κ3) is 3.12. The summed E-state index contributed by atoms with van der Waals surface area (Å²) in [6.07, 6.45) is 0.978. The van der Waals surface area contributed by atoms with Gasteiger partial charge < -0.3 is 15.5 Å². The van der Waals surface area contributed by atoms with Crippen molar-refractivity contribution in [3.63, 3.8) is 0 Å². The topological polar surface area (TPSA) is 64.1 Å². The minimum atomic E-state index is 0.421. The Morgan fingerprint density at radius 2 is 2.21 bits per heavy atom. The zero-order chi connectivity index (χ0) is 10.6. The number of nitrogens with one attached hydrogen (secondary N) is 1. The molecule has 0 aliphatic heterocycles. The molecule has 1 rings (SSSR count). The molecule has 1 heterocycles. The van der Waals surface area contributed by atoms with Gasteiger partial charge in [-0.3, -0.25) is 0 Å². The second-order valence-corrected chi connectivity index (χ2v) is 3.60. The molecule has 1 aromatic rings. The number of rotatable bonds is 5. The fourth-order valence-corrected chi connectivity index (χ4v) is 1.36. The monoisotopic (exact) mass is 197 g/mol. The van der Waals surface area contributed by atoms with E-state index in [-0.39, 0.29) is 0 Å². The molecule has 1 unspecified atom stereocenters. The summed E-state index contributed by atoms with van der Waals surface area (Å²) >= 11 is 0. The van der Waals surface area contributed by atoms with Crippen molar-refractivity contribution in [3.05, 3.63) is 17.3 Å². The first-order chi connectivity index (χ1) is 6.63. The number of hydrogen-bond acceptors (Lipinski definition) is 4. The number of nitrogens with zero attached hydrogens (tertiary/aromatic N) is 1. The van der Waals surface area contributed by atoms with Gasteiger partial charge in [0.1, 0.15) is 5.76 Å². The van der Waals surface area contributed by atoms with Gasteiger partial charge in [0.2, 0.25) is 0 Å². The van der Waals surface area contributed by atoms with Crippen molar-refractivity contribution < 1.29 is 4.42 Å². The summed E-state index contributed by atoms with van der Waals surface area (Å²) in [6.45, 7) is 7.38. The van der Waals surface area contributed by atoms with Crippen LogP contribution in [0.3, 0.4) is 0 Å². The van der Waals surface area contributed by atoms with E-state index in [0.29, 0.717) is 12.6 Å². The Hall–Kier alpha value is -0.870. The fourth-order valence-electron chi connectivity index (χ4n) is 1.36. The van der Waals surface area contributed by atoms with Crippen molar-refractivity contribution in [1.82, 2.24) is 10.3 Å². The second kappa shape index (κ2) is 5.12. The SMILES string of the molecule is Cc1nc(C)c(CNC(C)CCN)o1. The van der Waals surface area contributed by atoms with Gasteiger partial charge in [0.05, 0.1) is 12.2 Å². The number of oxazole rings is 1. The van der Waals surface area contributed by atoms with E-state index in [0.717, 1.165) is 30.3 Å². The smallest absolute Gasteiger partial charge is 0.191 e. The van der Waals surface area contributed by atoms with Crippen molar-refractivity contribution in [2.24, 2.45) is 5.73 Å². The largest absolute Gasteiger partial charge is 0.444 e. The summed E-state index contributed by atoms with van der Waals surface area (Å²) in [5.41, 5.74) is 6.42. The number of nitrogens with two attached hydrogens (primary N) is 1. The van der Waals surface area contributed by atoms with Crippen LogP contribution in [0.4, 0.5) is 0 Å². The van der Waals surface area contributed by atoms with Crippen LogP contribution in [0.15, 0.2) is 4.42 Å². The lowest BCUT2D eigenvalue weighted by Crippen LogP contribution is -2.27. The quantitative estimate of drug-likeness (QED) is 0.742. The molecule has 14 heavy (non-hydrogen) atoms. The minimum Gasteiger partial charge on any atom is -0.444 e. The Balaban J connectivity index is 2.41. The molecule has 0 aliphatic carbocycles. The van der Waals surface area contributed by atoms with Crippen LogP contribution >= 0.6 is 0 Å². The molecule has 0 radical (unpaired) electrons. The molecular formula is C10H19N3O. The molecular weight excluding hydrogens is 178 g/mol. The first-order valence-corrected chi connectivity index (χ1v) is 5.00. The lowest BCUT2D eigenvalue weighted by atomic mass is 10.2. The summed E-state index contributed by atoms with van der Waals surface area (Å²) < 4.78 is 5.44. The van der Waals surface area contributed by atoms with Gasteiger partial charge in [0, 0.05) is 13.0 Å². The zero-order valence-electron chi connectivity index (χ0n) is 9.13. The molecule has 0 fully saturated rings. The average Bonchev–Trinajstić information content (AvgIpc) is 2.42. The fraction of sp³-hybridized carbons (Fsp3) is 0.700. The van der Waals surface area contributed by atoms with Crippen LogP contribution in [0.2, 0.25) is 0 Å². The maximum absolute atomic E-state index is 5.46. The van der Waals surface area contributed by atoms with Crippen LogP contribution in [0, 0.1) is 13.8 Å². The Morgan fingerprint density at radius 3 is 2.71 bits per heavy atom. The maximum atomic E-state index is 5.46. The van der Waals surface area contributed by atoms with Gasteiger partial charge in [-0.15, -0.1) is 0 Å². The van der Waals surface area contributed by atoms with Crippen molar-refractivity contribution in [2.75, 3.05) is 6.54 Å². The van der Waals surface area contributed by atoms with E-state index >= 15 is 0 Å². The standard InChI is InChI=1S/C10H19N3O/c1-7(4-5-11)12-6-10-8(2)13-9(3)14-10/h7,12H,4-6,11H2,1-3H3. The average molecular weight is 197 g/mol. The molecule has 0 spiro atoms. The van der Waals surface area contributed by atoms with Crippen molar-refractivity contribution in [3.8, 4) is 0 Å². The van der Waals surface area contributed by atoms with Crippen LogP contribution in [-0.2, 0) is 6.54 Å². The van der Waals surface area contributed by atoms with Gasteiger partial charge in [-0.2, -0.15) is 0 Å². The van der Waals surface area contributed by atoms with Crippen LogP contribution in [0.5, 0.6) is 0 Å². The van der Waals surface area contributed by atoms with E-state index in [2.05, 4.69) is 17.2 Å². The predicted molar refractivity (Wildman–Crippen MR) is 56.0 cm³/mol. The lowest BCUT2D eigenvalue weighted by Gasteiger charge is -2.10. The molecule has 1 atom stereocenters. The molecule has 4 nitrogen and oxygen atoms in total. The third-order valence-corrected chi connectivity index (χ3v) is 2.21. The van der Waals surface area contributed by atoms with Crippen molar-refractivity contribution in [2.45, 2.75) is 39.8 Å². The van der Waals surface area contributed by atoms with E-state index < -0.39 is 0 Å². The van der Waals surface area contributed by atoms with E-state index in [4.69, 9.17) is 10.2 Å². The summed E-state index contributed by atoms with van der Waals surface area (Å²) in [5, 5.41) is 3.34. The molecule has 0 saturated carbocycles. The Bertz CT molecular complexity index is 283. The third-order valence-electron chi connectivity index (χ3n) is 2.21. The number of aryl methyl sites for hydroxylation is 2. The van der Waals surface area contributed by atoms with E-state index in [1.54, 1.807) is 0 Å². The van der Waals surface area contributed by atoms with Crippen LogP contribution in [-0.4, -0.2) is 17.6 Å². The van der Waals surface area contributed by atoms with Crippen LogP contribution in [0.1, 0.15) is 30.7 Å². The molecule has 0 aromatic carbocycles. The predicted octanol–water partition coefficient (Wildman–Crippen LogP) is 1.12. The van der Waals surface area contributed by atoms with Gasteiger partial charge in [0.15, 0.2) is 5.89 Å². The molecule has 0 saturated heterocycles. The first-order valence-electron chi connectivity index (χ1n) is 5.00. The van der Waals surface area contributed by atoms with Crippen LogP contribution in [0.25, 0.3) is 0 Å². The Kier molecular flexibility index (Phi) is 4.10. The van der Waals surface area contributed by atoms with Gasteiger partial charge in [-0.1, -0.05) is 0 Å². The first kappa shape index (κ1) is 11.2. The van der Waals surface area contributed by atoms with Gasteiger partial charge >= 0.3 is 0 Å². The highest BCUT2D eigenvalue weighted by atomic mass is 16.4. The minimum absolute atomic E-state index is 0.421. The summed E-state index contributed by atoms with van der Waals surface area (Å²) in [4.78, 5) is 4.20. The van der Waals surface area contributed by atoms with Gasteiger partial charge in [0.25, 0.3) is 0 Å².